The summed E-state index contributed by atoms with van der Waals surface area (Å²) < 4.78 is 64.9. The molecule has 0 bridgehead atoms. The van der Waals surface area contributed by atoms with Crippen molar-refractivity contribution in [2.75, 3.05) is 24.5 Å². The maximum atomic E-state index is 13.7. The molecule has 2 aliphatic rings. The molecule has 2 heterocycles. The summed E-state index contributed by atoms with van der Waals surface area (Å²) in [5.41, 5.74) is 0.143. The lowest BCUT2D eigenvalue weighted by molar-refractivity contribution is -0.140. The third kappa shape index (κ3) is 3.43. The van der Waals surface area contributed by atoms with Crippen molar-refractivity contribution >= 4 is 21.8 Å². The van der Waals surface area contributed by atoms with E-state index in [1.165, 1.54) is 10.4 Å². The Balaban J connectivity index is 1.60. The van der Waals surface area contributed by atoms with Crippen LogP contribution in [0.2, 0.25) is 0 Å². The fourth-order valence-electron chi connectivity index (χ4n) is 4.63. The number of halogens is 3. The maximum Gasteiger partial charge on any atom is 0.417 e. The second-order valence-corrected chi connectivity index (χ2v) is 10.2. The normalized spacial score (nSPS) is 24.4. The van der Waals surface area contributed by atoms with E-state index in [1.54, 1.807) is 36.1 Å². The van der Waals surface area contributed by atoms with Gasteiger partial charge in [-0.05, 0) is 43.0 Å². The molecule has 172 valence electrons. The summed E-state index contributed by atoms with van der Waals surface area (Å²) in [6.45, 7) is 2.02. The molecular formula is C21H22F3N3O4S. The summed E-state index contributed by atoms with van der Waals surface area (Å²) in [4.78, 5) is 17.9. The number of anilines is 1. The largest absolute Gasteiger partial charge is 0.480 e. The summed E-state index contributed by atoms with van der Waals surface area (Å²) in [5.74, 6) is -1.09. The molecule has 32 heavy (non-hydrogen) atoms. The van der Waals surface area contributed by atoms with Crippen molar-refractivity contribution in [3.8, 4) is 0 Å². The first-order valence-corrected chi connectivity index (χ1v) is 11.5. The highest BCUT2D eigenvalue weighted by atomic mass is 32.2. The number of piperazine rings is 1. The number of benzene rings is 1. The average molecular weight is 469 g/mol. The summed E-state index contributed by atoms with van der Waals surface area (Å²) in [6.07, 6.45) is -3.44. The topological polar surface area (TPSA) is 90.8 Å². The molecular weight excluding hydrogens is 447 g/mol. The zero-order valence-electron chi connectivity index (χ0n) is 17.2. The highest BCUT2D eigenvalue weighted by Crippen LogP contribution is 2.45. The third-order valence-electron chi connectivity index (χ3n) is 6.26. The number of fused-ring (bicyclic) bond motifs is 1. The smallest absolute Gasteiger partial charge is 0.417 e. The first-order valence-electron chi connectivity index (χ1n) is 10.1. The van der Waals surface area contributed by atoms with Crippen LogP contribution in [0.15, 0.2) is 42.6 Å². The monoisotopic (exact) mass is 469 g/mol. The minimum Gasteiger partial charge on any atom is -0.480 e. The van der Waals surface area contributed by atoms with Gasteiger partial charge in [-0.15, -0.1) is 0 Å². The summed E-state index contributed by atoms with van der Waals surface area (Å²) in [7, 11) is -4.28. The minimum absolute atomic E-state index is 0.00337. The minimum atomic E-state index is -4.49. The number of hydrogen-bond donors (Lipinski definition) is 1. The number of aryl methyl sites for hydroxylation is 1. The van der Waals surface area contributed by atoms with E-state index in [2.05, 4.69) is 4.98 Å². The predicted molar refractivity (Wildman–Crippen MR) is 111 cm³/mol. The number of aromatic nitrogens is 1. The van der Waals surface area contributed by atoms with Crippen LogP contribution in [0.1, 0.15) is 30.0 Å². The van der Waals surface area contributed by atoms with Crippen molar-refractivity contribution < 1.29 is 31.5 Å². The first kappa shape index (κ1) is 22.5. The van der Waals surface area contributed by atoms with Gasteiger partial charge in [0.1, 0.15) is 5.82 Å². The molecule has 1 aromatic heterocycles. The van der Waals surface area contributed by atoms with Gasteiger partial charge < -0.3 is 10.0 Å². The molecule has 1 aliphatic carbocycles. The van der Waals surface area contributed by atoms with E-state index in [0.717, 1.165) is 12.3 Å². The number of aliphatic carboxylic acids is 1. The molecule has 2 atom stereocenters. The van der Waals surface area contributed by atoms with E-state index < -0.39 is 38.5 Å². The summed E-state index contributed by atoms with van der Waals surface area (Å²) in [6, 6.07) is 8.28. The Morgan fingerprint density at radius 1 is 1.19 bits per heavy atom. The number of pyridine rings is 1. The zero-order chi connectivity index (χ0) is 23.3. The number of rotatable bonds is 4. The Bertz CT molecular complexity index is 1140. The Morgan fingerprint density at radius 3 is 2.50 bits per heavy atom. The van der Waals surface area contributed by atoms with Gasteiger partial charge in [0, 0.05) is 31.9 Å². The zero-order valence-corrected chi connectivity index (χ0v) is 18.0. The van der Waals surface area contributed by atoms with Crippen LogP contribution in [0.25, 0.3) is 0 Å². The van der Waals surface area contributed by atoms with Crippen molar-refractivity contribution in [2.45, 2.75) is 36.7 Å². The molecule has 11 heteroatoms. The van der Waals surface area contributed by atoms with Gasteiger partial charge in [-0.3, -0.25) is 4.79 Å². The third-order valence-corrected chi connectivity index (χ3v) is 8.90. The Hall–Kier alpha value is -2.66. The lowest BCUT2D eigenvalue weighted by Gasteiger charge is -2.42. The quantitative estimate of drug-likeness (QED) is 0.741. The number of alkyl halides is 3. The van der Waals surface area contributed by atoms with Gasteiger partial charge in [0.15, 0.2) is 0 Å². The molecule has 1 fully saturated rings. The first-order chi connectivity index (χ1) is 15.0. The van der Waals surface area contributed by atoms with Gasteiger partial charge in [-0.25, -0.2) is 13.4 Å². The van der Waals surface area contributed by atoms with E-state index >= 15 is 0 Å². The van der Waals surface area contributed by atoms with Gasteiger partial charge in [-0.2, -0.15) is 17.5 Å². The standard InChI is InChI=1S/C21H22F3N3O4S/c1-14-13-26(18-7-6-16(12-25-18)21(22,23)24)10-11-27(14)32(30,31)20(19(28)29)9-8-15-4-2-3-5-17(15)20/h2-7,12,14H,8-11,13H2,1H3,(H,28,29)/t14-,20?/m0/s1. The number of carboxylic acids is 1. The molecule has 1 N–H and O–H groups in total. The van der Waals surface area contributed by atoms with Crippen molar-refractivity contribution in [3.63, 3.8) is 0 Å². The molecule has 7 nitrogen and oxygen atoms in total. The molecule has 1 aromatic carbocycles. The van der Waals surface area contributed by atoms with Crippen molar-refractivity contribution in [2.24, 2.45) is 0 Å². The van der Waals surface area contributed by atoms with Crippen LogP contribution in [-0.2, 0) is 32.2 Å². The van der Waals surface area contributed by atoms with Crippen molar-refractivity contribution in [3.05, 3.63) is 59.3 Å². The van der Waals surface area contributed by atoms with Crippen LogP contribution >= 0.6 is 0 Å². The number of hydrogen-bond acceptors (Lipinski definition) is 5. The Labute approximate surface area is 183 Å². The van der Waals surface area contributed by atoms with E-state index in [-0.39, 0.29) is 26.1 Å². The summed E-state index contributed by atoms with van der Waals surface area (Å²) >= 11 is 0. The van der Waals surface area contributed by atoms with Crippen LogP contribution in [0.4, 0.5) is 19.0 Å². The molecule has 0 amide bonds. The van der Waals surface area contributed by atoms with E-state index in [9.17, 15) is 31.5 Å². The molecule has 1 unspecified atom stereocenters. The van der Waals surface area contributed by atoms with Gasteiger partial charge >= 0.3 is 12.1 Å². The molecule has 1 saturated heterocycles. The van der Waals surface area contributed by atoms with Crippen LogP contribution < -0.4 is 4.90 Å². The molecule has 0 saturated carbocycles. The fraction of sp³-hybridized carbons (Fsp3) is 0.429. The van der Waals surface area contributed by atoms with Crippen molar-refractivity contribution in [1.82, 2.24) is 9.29 Å². The van der Waals surface area contributed by atoms with E-state index in [0.29, 0.717) is 23.4 Å². The van der Waals surface area contributed by atoms with Gasteiger partial charge in [0.2, 0.25) is 14.8 Å². The van der Waals surface area contributed by atoms with Crippen LogP contribution in [0.5, 0.6) is 0 Å². The molecule has 1 aliphatic heterocycles. The highest BCUT2D eigenvalue weighted by Gasteiger charge is 2.59. The van der Waals surface area contributed by atoms with Crippen molar-refractivity contribution in [1.29, 1.82) is 0 Å². The van der Waals surface area contributed by atoms with E-state index in [4.69, 9.17) is 0 Å². The summed E-state index contributed by atoms with van der Waals surface area (Å²) in [5, 5.41) is 10.1. The molecule has 4 rings (SSSR count). The average Bonchev–Trinajstić information content (AvgIpc) is 3.14. The number of sulfonamides is 1. The number of carbonyl (C=O) groups is 1. The molecule has 0 radical (unpaired) electrons. The van der Waals surface area contributed by atoms with Gasteiger partial charge in [-0.1, -0.05) is 24.3 Å². The van der Waals surface area contributed by atoms with Crippen LogP contribution in [0, 0.1) is 0 Å². The second kappa shape index (κ2) is 7.73. The van der Waals surface area contributed by atoms with Crippen LogP contribution in [0.3, 0.4) is 0 Å². The van der Waals surface area contributed by atoms with Crippen LogP contribution in [-0.4, -0.2) is 54.5 Å². The maximum absolute atomic E-state index is 13.7. The number of carboxylic acid groups (broad SMARTS) is 1. The number of nitrogens with zero attached hydrogens (tertiary/aromatic N) is 3. The predicted octanol–water partition coefficient (Wildman–Crippen LogP) is 2.87. The van der Waals surface area contributed by atoms with Gasteiger partial charge in [0.25, 0.3) is 0 Å². The van der Waals surface area contributed by atoms with Gasteiger partial charge in [0.05, 0.1) is 5.56 Å². The lowest BCUT2D eigenvalue weighted by Crippen LogP contribution is -2.59. The fourth-order valence-corrected chi connectivity index (χ4v) is 6.95. The molecule has 0 spiro atoms. The Morgan fingerprint density at radius 2 is 1.91 bits per heavy atom. The molecule has 2 aromatic rings. The van der Waals surface area contributed by atoms with E-state index in [1.807, 2.05) is 0 Å². The lowest BCUT2D eigenvalue weighted by atomic mass is 10.0. The Kier molecular flexibility index (Phi) is 5.44. The second-order valence-electron chi connectivity index (χ2n) is 8.10. The highest BCUT2D eigenvalue weighted by molar-refractivity contribution is 7.90. The SMILES string of the molecule is C[C@H]1CN(c2ccc(C(F)(F)F)cn2)CCN1S(=O)(=O)C1(C(=O)O)CCc2ccccc21.